The Hall–Kier alpha value is -1.35. The number of nitrogens with zero attached hydrogens (tertiary/aromatic N) is 1. The molecule has 0 saturated carbocycles. The lowest BCUT2D eigenvalue weighted by Gasteiger charge is -2.39. The largest absolute Gasteiger partial charge is 0.333 e. The van der Waals surface area contributed by atoms with Crippen LogP contribution in [0.5, 0.6) is 0 Å². The van der Waals surface area contributed by atoms with E-state index in [2.05, 4.69) is 26.1 Å². The van der Waals surface area contributed by atoms with Crippen LogP contribution in [0.25, 0.3) is 0 Å². The van der Waals surface area contributed by atoms with Crippen LogP contribution < -0.4 is 5.32 Å². The molecule has 0 spiro atoms. The second-order valence-electron chi connectivity index (χ2n) is 6.36. The van der Waals surface area contributed by atoms with Crippen molar-refractivity contribution < 1.29 is 4.79 Å². The molecule has 3 heteroatoms. The van der Waals surface area contributed by atoms with Gasteiger partial charge in [0, 0.05) is 30.7 Å². The normalized spacial score (nSPS) is 23.1. The summed E-state index contributed by atoms with van der Waals surface area (Å²) in [4.78, 5) is 14.8. The van der Waals surface area contributed by atoms with E-state index >= 15 is 0 Å². The number of carbonyl (C=O) groups excluding carboxylic acids is 1. The minimum Gasteiger partial charge on any atom is -0.333 e. The molecule has 1 aromatic carbocycles. The molecule has 0 radical (unpaired) electrons. The van der Waals surface area contributed by atoms with Gasteiger partial charge in [0.2, 0.25) is 0 Å². The van der Waals surface area contributed by atoms with Gasteiger partial charge in [-0.3, -0.25) is 4.79 Å². The van der Waals surface area contributed by atoms with Gasteiger partial charge in [-0.15, -0.1) is 0 Å². The topological polar surface area (TPSA) is 32.3 Å². The zero-order valence-corrected chi connectivity index (χ0v) is 13.0. The lowest BCUT2D eigenvalue weighted by molar-refractivity contribution is 0.0594. The van der Waals surface area contributed by atoms with Crippen molar-refractivity contribution in [2.24, 2.45) is 5.92 Å². The summed E-state index contributed by atoms with van der Waals surface area (Å²) in [7, 11) is 0. The summed E-state index contributed by atoms with van der Waals surface area (Å²) in [6.07, 6.45) is 1.12. The maximum absolute atomic E-state index is 12.8. The van der Waals surface area contributed by atoms with Gasteiger partial charge in [-0.1, -0.05) is 32.0 Å². The van der Waals surface area contributed by atoms with Crippen molar-refractivity contribution >= 4 is 5.91 Å². The van der Waals surface area contributed by atoms with E-state index in [0.29, 0.717) is 12.0 Å². The highest BCUT2D eigenvalue weighted by molar-refractivity contribution is 5.95. The van der Waals surface area contributed by atoms with E-state index in [9.17, 15) is 4.79 Å². The molecule has 2 unspecified atom stereocenters. The Morgan fingerprint density at radius 3 is 2.75 bits per heavy atom. The van der Waals surface area contributed by atoms with Crippen LogP contribution >= 0.6 is 0 Å². The third-order valence-electron chi connectivity index (χ3n) is 4.04. The molecular weight excluding hydrogens is 248 g/mol. The number of hydrogen-bond acceptors (Lipinski definition) is 2. The highest BCUT2D eigenvalue weighted by atomic mass is 16.2. The van der Waals surface area contributed by atoms with Crippen LogP contribution in [0.3, 0.4) is 0 Å². The predicted molar refractivity (Wildman–Crippen MR) is 82.9 cm³/mol. The lowest BCUT2D eigenvalue weighted by Crippen LogP contribution is -2.57. The molecule has 0 aromatic heterocycles. The number of piperazine rings is 1. The molecular formula is C17H26N2O. The monoisotopic (exact) mass is 274 g/mol. The fraction of sp³-hybridized carbons (Fsp3) is 0.588. The smallest absolute Gasteiger partial charge is 0.254 e. The third-order valence-corrected chi connectivity index (χ3v) is 4.04. The van der Waals surface area contributed by atoms with Gasteiger partial charge in [0.1, 0.15) is 0 Å². The second-order valence-corrected chi connectivity index (χ2v) is 6.36. The molecule has 1 aliphatic rings. The quantitative estimate of drug-likeness (QED) is 0.919. The number of carbonyl (C=O) groups is 1. The zero-order valence-electron chi connectivity index (χ0n) is 13.0. The van der Waals surface area contributed by atoms with Crippen LogP contribution in [0.2, 0.25) is 0 Å². The molecule has 110 valence electrons. The maximum Gasteiger partial charge on any atom is 0.254 e. The predicted octanol–water partition coefficient (Wildman–Crippen LogP) is 2.84. The molecule has 0 bridgehead atoms. The molecule has 0 aliphatic carbocycles. The van der Waals surface area contributed by atoms with Crippen molar-refractivity contribution in [3.8, 4) is 0 Å². The van der Waals surface area contributed by atoms with Gasteiger partial charge in [-0.2, -0.15) is 0 Å². The Labute approximate surface area is 122 Å². The number of rotatable bonds is 3. The van der Waals surface area contributed by atoms with Crippen molar-refractivity contribution in [1.82, 2.24) is 10.2 Å². The Morgan fingerprint density at radius 2 is 2.10 bits per heavy atom. The van der Waals surface area contributed by atoms with Gasteiger partial charge in [0.15, 0.2) is 0 Å². The first kappa shape index (κ1) is 15.0. The van der Waals surface area contributed by atoms with Gasteiger partial charge in [-0.25, -0.2) is 0 Å². The van der Waals surface area contributed by atoms with E-state index in [1.165, 1.54) is 0 Å². The number of amides is 1. The average Bonchev–Trinajstić information content (AvgIpc) is 2.40. The number of aryl methyl sites for hydroxylation is 1. The van der Waals surface area contributed by atoms with Crippen molar-refractivity contribution in [3.63, 3.8) is 0 Å². The number of nitrogens with one attached hydrogen (secondary N) is 1. The Morgan fingerprint density at radius 1 is 1.40 bits per heavy atom. The highest BCUT2D eigenvalue weighted by Gasteiger charge is 2.29. The van der Waals surface area contributed by atoms with Crippen LogP contribution in [0.1, 0.15) is 43.1 Å². The lowest BCUT2D eigenvalue weighted by atomic mass is 9.99. The van der Waals surface area contributed by atoms with Crippen LogP contribution in [0.4, 0.5) is 0 Å². The summed E-state index contributed by atoms with van der Waals surface area (Å²) in [6, 6.07) is 8.54. The first-order chi connectivity index (χ1) is 9.49. The van der Waals surface area contributed by atoms with E-state index in [0.717, 1.165) is 30.6 Å². The van der Waals surface area contributed by atoms with E-state index in [1.54, 1.807) is 0 Å². The van der Waals surface area contributed by atoms with Crippen LogP contribution in [0.15, 0.2) is 24.3 Å². The molecule has 1 heterocycles. The summed E-state index contributed by atoms with van der Waals surface area (Å²) in [5, 5.41) is 3.56. The molecule has 1 saturated heterocycles. The van der Waals surface area contributed by atoms with Crippen molar-refractivity contribution in [3.05, 3.63) is 35.4 Å². The molecule has 2 atom stereocenters. The first-order valence-electron chi connectivity index (χ1n) is 7.59. The minimum atomic E-state index is 0.172. The second kappa shape index (κ2) is 6.40. The van der Waals surface area contributed by atoms with E-state index in [-0.39, 0.29) is 11.9 Å². The Balaban J connectivity index is 2.13. The van der Waals surface area contributed by atoms with E-state index < -0.39 is 0 Å². The summed E-state index contributed by atoms with van der Waals surface area (Å²) in [6.45, 7) is 10.3. The molecule has 1 aromatic rings. The first-order valence-corrected chi connectivity index (χ1v) is 7.59. The fourth-order valence-corrected chi connectivity index (χ4v) is 2.91. The van der Waals surface area contributed by atoms with Gasteiger partial charge in [0.05, 0.1) is 0 Å². The zero-order chi connectivity index (χ0) is 14.7. The van der Waals surface area contributed by atoms with Gasteiger partial charge in [-0.05, 0) is 37.8 Å². The molecule has 1 N–H and O–H groups in total. The van der Waals surface area contributed by atoms with E-state index in [4.69, 9.17) is 0 Å². The summed E-state index contributed by atoms with van der Waals surface area (Å²) in [5.74, 6) is 0.821. The van der Waals surface area contributed by atoms with Crippen molar-refractivity contribution in [2.75, 3.05) is 13.1 Å². The molecule has 1 amide bonds. The maximum atomic E-state index is 12.8. The SMILES string of the molecule is Cc1ccccc1C(=O)N1CC(CC(C)C)NCC1C. The van der Waals surface area contributed by atoms with Gasteiger partial charge >= 0.3 is 0 Å². The van der Waals surface area contributed by atoms with Crippen molar-refractivity contribution in [1.29, 1.82) is 0 Å². The standard InChI is InChI=1S/C17H26N2O/c1-12(2)9-15-11-19(14(4)10-18-15)17(20)16-8-6-5-7-13(16)3/h5-8,12,14-15,18H,9-11H2,1-4H3. The third kappa shape index (κ3) is 3.40. The molecule has 2 rings (SSSR count). The van der Waals surface area contributed by atoms with Gasteiger partial charge in [0.25, 0.3) is 5.91 Å². The average molecular weight is 274 g/mol. The molecule has 1 aliphatic heterocycles. The van der Waals surface area contributed by atoms with Crippen LogP contribution in [-0.4, -0.2) is 36.0 Å². The highest BCUT2D eigenvalue weighted by Crippen LogP contribution is 2.18. The number of benzene rings is 1. The van der Waals surface area contributed by atoms with Crippen LogP contribution in [-0.2, 0) is 0 Å². The molecule has 3 nitrogen and oxygen atoms in total. The molecule has 20 heavy (non-hydrogen) atoms. The molecule has 1 fully saturated rings. The Bertz CT molecular complexity index is 470. The number of hydrogen-bond donors (Lipinski definition) is 1. The Kier molecular flexibility index (Phi) is 4.81. The van der Waals surface area contributed by atoms with Crippen molar-refractivity contribution in [2.45, 2.75) is 46.2 Å². The summed E-state index contributed by atoms with van der Waals surface area (Å²) < 4.78 is 0. The minimum absolute atomic E-state index is 0.172. The summed E-state index contributed by atoms with van der Waals surface area (Å²) in [5.41, 5.74) is 1.90. The van der Waals surface area contributed by atoms with E-state index in [1.807, 2.05) is 36.1 Å². The van der Waals surface area contributed by atoms with Crippen LogP contribution in [0, 0.1) is 12.8 Å². The summed E-state index contributed by atoms with van der Waals surface area (Å²) >= 11 is 0. The van der Waals surface area contributed by atoms with Gasteiger partial charge < -0.3 is 10.2 Å². The fourth-order valence-electron chi connectivity index (χ4n) is 2.91.